The van der Waals surface area contributed by atoms with Crippen molar-refractivity contribution in [1.29, 1.82) is 0 Å². The molecule has 4 rings (SSSR count). The lowest BCUT2D eigenvalue weighted by molar-refractivity contribution is -0.136. The van der Waals surface area contributed by atoms with E-state index in [2.05, 4.69) is 34.2 Å². The number of carbonyl (C=O) groups excluding carboxylic acids is 2. The maximum Gasteiger partial charge on any atom is 0.313 e. The molecular formula is C30H40N4O5. The molecule has 0 saturated heterocycles. The molecule has 39 heavy (non-hydrogen) atoms. The molecule has 1 atom stereocenters. The minimum atomic E-state index is -0.374. The van der Waals surface area contributed by atoms with Crippen LogP contribution in [-0.4, -0.2) is 87.8 Å². The van der Waals surface area contributed by atoms with Crippen LogP contribution in [0.25, 0.3) is 10.9 Å². The Hall–Kier alpha value is -3.40. The number of carbonyl (C=O) groups is 2. The van der Waals surface area contributed by atoms with Crippen LogP contribution in [-0.2, 0) is 20.7 Å². The van der Waals surface area contributed by atoms with Gasteiger partial charge >= 0.3 is 11.9 Å². The van der Waals surface area contributed by atoms with Crippen molar-refractivity contribution in [2.45, 2.75) is 31.6 Å². The van der Waals surface area contributed by atoms with Crippen LogP contribution in [0.1, 0.15) is 36.3 Å². The summed E-state index contributed by atoms with van der Waals surface area (Å²) in [6.07, 6.45) is 4.00. The lowest BCUT2D eigenvalue weighted by Gasteiger charge is -2.17. The number of H-pyrrole nitrogens is 1. The van der Waals surface area contributed by atoms with Crippen molar-refractivity contribution in [2.24, 2.45) is 0 Å². The molecule has 0 bridgehead atoms. The Labute approximate surface area is 230 Å². The number of hydrogen-bond donors (Lipinski definition) is 2. The van der Waals surface area contributed by atoms with Crippen molar-refractivity contribution in [3.63, 3.8) is 0 Å². The monoisotopic (exact) mass is 536 g/mol. The summed E-state index contributed by atoms with van der Waals surface area (Å²) < 4.78 is 16.9. The number of ether oxygens (including phenoxy) is 3. The largest absolute Gasteiger partial charge is 0.426 e. The van der Waals surface area contributed by atoms with Gasteiger partial charge in [-0.2, -0.15) is 0 Å². The Balaban J connectivity index is 1.21. The molecule has 0 aliphatic carbocycles. The number of hydrogen-bond acceptors (Lipinski definition) is 8. The zero-order chi connectivity index (χ0) is 27.8. The molecule has 0 saturated carbocycles. The van der Waals surface area contributed by atoms with Crippen LogP contribution >= 0.6 is 0 Å². The fraction of sp³-hybridized carbons (Fsp3) is 0.467. The van der Waals surface area contributed by atoms with E-state index in [0.29, 0.717) is 17.4 Å². The van der Waals surface area contributed by atoms with Gasteiger partial charge in [0.1, 0.15) is 11.5 Å². The van der Waals surface area contributed by atoms with E-state index in [1.807, 2.05) is 56.7 Å². The number of esters is 2. The number of benzene rings is 2. The van der Waals surface area contributed by atoms with Crippen LogP contribution in [0.2, 0.25) is 0 Å². The van der Waals surface area contributed by atoms with Crippen molar-refractivity contribution in [2.75, 3.05) is 66.4 Å². The number of nitrogens with zero attached hydrogens (tertiary/aromatic N) is 2. The van der Waals surface area contributed by atoms with Crippen LogP contribution in [0.4, 0.5) is 5.69 Å². The molecule has 0 spiro atoms. The molecule has 9 heteroatoms. The summed E-state index contributed by atoms with van der Waals surface area (Å²) >= 11 is 0. The van der Waals surface area contributed by atoms with E-state index in [0.717, 1.165) is 60.2 Å². The molecular weight excluding hydrogens is 496 g/mol. The predicted molar refractivity (Wildman–Crippen MR) is 153 cm³/mol. The fourth-order valence-electron chi connectivity index (χ4n) is 4.81. The second-order valence-electron chi connectivity index (χ2n) is 10.5. The first-order chi connectivity index (χ1) is 18.8. The first-order valence-electron chi connectivity index (χ1n) is 13.6. The highest BCUT2D eigenvalue weighted by molar-refractivity contribution is 5.91. The number of aromatic amines is 1. The molecule has 2 aromatic carbocycles. The van der Waals surface area contributed by atoms with E-state index in [1.165, 1.54) is 0 Å². The summed E-state index contributed by atoms with van der Waals surface area (Å²) in [7, 11) is 8.17. The third-order valence-corrected chi connectivity index (χ3v) is 6.86. The SMILES string of the molecule is CN(C)CCc1c[nH]c2cccc(OC(=O)CCOCCC(=O)Oc3cccc4c3C(CCN(C)C)CN4)c12. The van der Waals surface area contributed by atoms with Crippen LogP contribution in [0.15, 0.2) is 42.6 Å². The van der Waals surface area contributed by atoms with Gasteiger partial charge < -0.3 is 34.3 Å². The van der Waals surface area contributed by atoms with Gasteiger partial charge in [-0.25, -0.2) is 0 Å². The first kappa shape index (κ1) is 28.6. The third kappa shape index (κ3) is 7.81. The summed E-state index contributed by atoms with van der Waals surface area (Å²) in [6, 6.07) is 11.4. The van der Waals surface area contributed by atoms with Crippen LogP contribution < -0.4 is 14.8 Å². The number of aromatic nitrogens is 1. The molecule has 0 fully saturated rings. The Bertz CT molecular complexity index is 1270. The maximum absolute atomic E-state index is 12.5. The van der Waals surface area contributed by atoms with E-state index in [4.69, 9.17) is 14.2 Å². The van der Waals surface area contributed by atoms with E-state index < -0.39 is 0 Å². The lowest BCUT2D eigenvalue weighted by atomic mass is 9.96. The van der Waals surface area contributed by atoms with E-state index in [9.17, 15) is 9.59 Å². The van der Waals surface area contributed by atoms with Crippen LogP contribution in [0.3, 0.4) is 0 Å². The highest BCUT2D eigenvalue weighted by Crippen LogP contribution is 2.40. The summed E-state index contributed by atoms with van der Waals surface area (Å²) in [5.41, 5.74) is 4.14. The predicted octanol–water partition coefficient (Wildman–Crippen LogP) is 4.04. The van der Waals surface area contributed by atoms with Gasteiger partial charge in [-0.3, -0.25) is 9.59 Å². The topological polar surface area (TPSA) is 96.1 Å². The van der Waals surface area contributed by atoms with Gasteiger partial charge in [-0.1, -0.05) is 12.1 Å². The molecule has 1 aromatic heterocycles. The first-order valence-corrected chi connectivity index (χ1v) is 13.6. The van der Waals surface area contributed by atoms with Crippen molar-refractivity contribution < 1.29 is 23.8 Å². The minimum absolute atomic E-state index is 0.0916. The number of nitrogens with one attached hydrogen (secondary N) is 2. The van der Waals surface area contributed by atoms with E-state index in [-0.39, 0.29) is 38.0 Å². The molecule has 1 unspecified atom stereocenters. The lowest BCUT2D eigenvalue weighted by Crippen LogP contribution is -2.18. The highest BCUT2D eigenvalue weighted by atomic mass is 16.5. The van der Waals surface area contributed by atoms with Gasteiger partial charge in [-0.05, 0) is 77.4 Å². The molecule has 210 valence electrons. The summed E-state index contributed by atoms with van der Waals surface area (Å²) in [5, 5.41) is 4.35. The quantitative estimate of drug-likeness (QED) is 0.181. The molecule has 0 amide bonds. The van der Waals surface area contributed by atoms with Gasteiger partial charge in [0.05, 0.1) is 26.1 Å². The zero-order valence-electron chi connectivity index (χ0n) is 23.4. The molecule has 2 N–H and O–H groups in total. The number of rotatable bonds is 14. The Morgan fingerprint density at radius 3 is 2.28 bits per heavy atom. The summed E-state index contributed by atoms with van der Waals surface area (Å²) in [4.78, 5) is 32.6. The van der Waals surface area contributed by atoms with Crippen LogP contribution in [0, 0.1) is 0 Å². The van der Waals surface area contributed by atoms with Crippen molar-refractivity contribution in [3.8, 4) is 11.5 Å². The number of likely N-dealkylation sites (N-methyl/N-ethyl adjacent to an activating group) is 1. The van der Waals surface area contributed by atoms with Crippen LogP contribution in [0.5, 0.6) is 11.5 Å². The second kappa shape index (κ2) is 13.6. The minimum Gasteiger partial charge on any atom is -0.426 e. The maximum atomic E-state index is 12.5. The van der Waals surface area contributed by atoms with E-state index in [1.54, 1.807) is 0 Å². The number of anilines is 1. The average molecular weight is 537 g/mol. The van der Waals surface area contributed by atoms with Crippen molar-refractivity contribution in [3.05, 3.63) is 53.7 Å². The molecule has 0 radical (unpaired) electrons. The molecule has 1 aliphatic rings. The molecule has 3 aromatic rings. The molecule has 1 aliphatic heterocycles. The van der Waals surface area contributed by atoms with Crippen molar-refractivity contribution in [1.82, 2.24) is 14.8 Å². The van der Waals surface area contributed by atoms with Gasteiger partial charge in [0, 0.05) is 47.4 Å². The average Bonchev–Trinajstić information content (AvgIpc) is 3.51. The molecule has 9 nitrogen and oxygen atoms in total. The van der Waals surface area contributed by atoms with E-state index >= 15 is 0 Å². The normalized spacial score (nSPS) is 14.6. The van der Waals surface area contributed by atoms with Gasteiger partial charge in [0.25, 0.3) is 0 Å². The fourth-order valence-corrected chi connectivity index (χ4v) is 4.81. The number of fused-ring (bicyclic) bond motifs is 2. The second-order valence-corrected chi connectivity index (χ2v) is 10.5. The highest BCUT2D eigenvalue weighted by Gasteiger charge is 2.27. The standard InChI is InChI=1S/C30H40N4O5/c1-33(2)15-11-21-19-31-23-7-5-9-25(29(21)23)38-27(35)13-17-37-18-14-28(36)39-26-10-6-8-24-30(26)22(20-32-24)12-16-34(3)4/h5-10,19,22,31-32H,11-18,20H2,1-4H3. The summed E-state index contributed by atoms with van der Waals surface area (Å²) in [5.74, 6) is 0.730. The summed E-state index contributed by atoms with van der Waals surface area (Å²) in [6.45, 7) is 3.03. The molecule has 2 heterocycles. The Morgan fingerprint density at radius 1 is 0.897 bits per heavy atom. The van der Waals surface area contributed by atoms with Gasteiger partial charge in [0.15, 0.2) is 0 Å². The third-order valence-electron chi connectivity index (χ3n) is 6.86. The Kier molecular flexibility index (Phi) is 9.97. The van der Waals surface area contributed by atoms with Gasteiger partial charge in [0.2, 0.25) is 0 Å². The van der Waals surface area contributed by atoms with Gasteiger partial charge in [-0.15, -0.1) is 0 Å². The zero-order valence-corrected chi connectivity index (χ0v) is 23.4. The van der Waals surface area contributed by atoms with Crippen molar-refractivity contribution >= 4 is 28.5 Å². The smallest absolute Gasteiger partial charge is 0.313 e. The Morgan fingerprint density at radius 2 is 1.56 bits per heavy atom.